The number of morpholine rings is 1. The first kappa shape index (κ1) is 18.6. The van der Waals surface area contributed by atoms with E-state index in [1.807, 2.05) is 0 Å². The molecule has 2 aliphatic rings. The van der Waals surface area contributed by atoms with E-state index in [0.29, 0.717) is 49.6 Å². The molecule has 1 saturated heterocycles. The number of benzene rings is 1. The zero-order valence-corrected chi connectivity index (χ0v) is 15.9. The zero-order valence-electron chi connectivity index (χ0n) is 15.1. The van der Waals surface area contributed by atoms with Gasteiger partial charge in [0.05, 0.1) is 18.1 Å². The van der Waals surface area contributed by atoms with Crippen LogP contribution in [0.15, 0.2) is 29.2 Å². The fraction of sp³-hybridized carbons (Fsp3) is 0.667. The number of nitrogens with zero attached hydrogens (tertiary/aromatic N) is 2. The normalized spacial score (nSPS) is 20.6. The fourth-order valence-electron chi connectivity index (χ4n) is 3.09. The highest BCUT2D eigenvalue weighted by Crippen LogP contribution is 2.34. The van der Waals surface area contributed by atoms with E-state index in [9.17, 15) is 8.42 Å². The van der Waals surface area contributed by atoms with Crippen LogP contribution >= 0.6 is 0 Å². The van der Waals surface area contributed by atoms with E-state index in [-0.39, 0.29) is 0 Å². The number of ether oxygens (including phenoxy) is 2. The van der Waals surface area contributed by atoms with Crippen LogP contribution in [0.1, 0.15) is 19.8 Å². The monoisotopic (exact) mass is 368 g/mol. The summed E-state index contributed by atoms with van der Waals surface area (Å²) in [6.07, 6.45) is 2.68. The molecule has 2 fully saturated rings. The van der Waals surface area contributed by atoms with Gasteiger partial charge in [-0.15, -0.1) is 0 Å². The summed E-state index contributed by atoms with van der Waals surface area (Å²) < 4.78 is 37.6. The highest BCUT2D eigenvalue weighted by atomic mass is 32.2. The summed E-state index contributed by atoms with van der Waals surface area (Å²) in [5.74, 6) is 1.54. The van der Waals surface area contributed by atoms with Crippen molar-refractivity contribution in [2.24, 2.45) is 5.92 Å². The van der Waals surface area contributed by atoms with Gasteiger partial charge in [-0.25, -0.2) is 8.42 Å². The quantitative estimate of drug-likeness (QED) is 0.700. The molecule has 0 amide bonds. The second kappa shape index (κ2) is 8.03. The van der Waals surface area contributed by atoms with E-state index in [1.165, 1.54) is 17.1 Å². The Hall–Kier alpha value is -1.15. The first-order chi connectivity index (χ1) is 12.0. The number of likely N-dealkylation sites (N-methyl/N-ethyl adjacent to an activating group) is 1. The highest BCUT2D eigenvalue weighted by Gasteiger charge is 2.30. The van der Waals surface area contributed by atoms with Crippen LogP contribution in [0.3, 0.4) is 0 Å². The maximum Gasteiger partial charge on any atom is 0.243 e. The second-order valence-electron chi connectivity index (χ2n) is 6.89. The lowest BCUT2D eigenvalue weighted by Gasteiger charge is -2.26. The smallest absolute Gasteiger partial charge is 0.243 e. The third kappa shape index (κ3) is 4.73. The summed E-state index contributed by atoms with van der Waals surface area (Å²) in [6.45, 7) is 5.45. The van der Waals surface area contributed by atoms with Gasteiger partial charge in [0, 0.05) is 25.7 Å². The van der Waals surface area contributed by atoms with E-state index >= 15 is 0 Å². The van der Waals surface area contributed by atoms with Crippen LogP contribution in [0.2, 0.25) is 0 Å². The first-order valence-electron chi connectivity index (χ1n) is 8.99. The summed E-state index contributed by atoms with van der Waals surface area (Å²) in [6, 6.07) is 7.31. The van der Waals surface area contributed by atoms with Crippen molar-refractivity contribution >= 4 is 10.0 Å². The lowest BCUT2D eigenvalue weighted by molar-refractivity contribution is 0.0730. The Balaban J connectivity index is 1.51. The molecule has 140 valence electrons. The zero-order chi connectivity index (χ0) is 17.9. The highest BCUT2D eigenvalue weighted by molar-refractivity contribution is 7.89. The largest absolute Gasteiger partial charge is 0.492 e. The van der Waals surface area contributed by atoms with E-state index in [0.717, 1.165) is 12.5 Å². The summed E-state index contributed by atoms with van der Waals surface area (Å²) in [5.41, 5.74) is 0. The molecule has 7 heteroatoms. The molecule has 1 aliphatic carbocycles. The third-order valence-electron chi connectivity index (χ3n) is 5.14. The molecule has 1 heterocycles. The molecule has 1 unspecified atom stereocenters. The van der Waals surface area contributed by atoms with Crippen molar-refractivity contribution in [2.75, 3.05) is 46.5 Å². The molecule has 3 rings (SSSR count). The Bertz CT molecular complexity index is 652. The number of hydrogen-bond acceptors (Lipinski definition) is 5. The van der Waals surface area contributed by atoms with E-state index in [1.54, 1.807) is 24.3 Å². The minimum absolute atomic E-state index is 0.307. The maximum absolute atomic E-state index is 12.6. The molecule has 0 radical (unpaired) electrons. The SMILES string of the molecule is CC(C1CC1)N(C)CCOc1ccc(S(=O)(=O)N2CCOCC2)cc1. The second-order valence-corrected chi connectivity index (χ2v) is 8.83. The molecule has 0 aromatic heterocycles. The van der Waals surface area contributed by atoms with Crippen LogP contribution < -0.4 is 4.74 Å². The van der Waals surface area contributed by atoms with Gasteiger partial charge in [0.2, 0.25) is 10.0 Å². The van der Waals surface area contributed by atoms with Crippen molar-refractivity contribution in [3.8, 4) is 5.75 Å². The summed E-state index contributed by atoms with van der Waals surface area (Å²) in [7, 11) is -1.31. The Morgan fingerprint density at radius 1 is 1.24 bits per heavy atom. The minimum atomic E-state index is -3.44. The lowest BCUT2D eigenvalue weighted by atomic mass is 10.2. The fourth-order valence-corrected chi connectivity index (χ4v) is 4.50. The van der Waals surface area contributed by atoms with Gasteiger partial charge in [-0.05, 0) is 57.0 Å². The molecular formula is C18H28N2O4S. The Kier molecular flexibility index (Phi) is 5.99. The van der Waals surface area contributed by atoms with Crippen LogP contribution in [-0.4, -0.2) is 70.2 Å². The molecule has 0 bridgehead atoms. The van der Waals surface area contributed by atoms with Gasteiger partial charge in [-0.2, -0.15) is 4.31 Å². The topological polar surface area (TPSA) is 59.1 Å². The van der Waals surface area contributed by atoms with Crippen molar-refractivity contribution in [1.82, 2.24) is 9.21 Å². The van der Waals surface area contributed by atoms with Gasteiger partial charge >= 0.3 is 0 Å². The van der Waals surface area contributed by atoms with Crippen LogP contribution in [0, 0.1) is 5.92 Å². The summed E-state index contributed by atoms with van der Waals surface area (Å²) in [5, 5.41) is 0. The van der Waals surface area contributed by atoms with Crippen LogP contribution in [0.4, 0.5) is 0 Å². The molecule has 1 aromatic carbocycles. The molecule has 6 nitrogen and oxygen atoms in total. The molecule has 0 N–H and O–H groups in total. The number of rotatable bonds is 8. The van der Waals surface area contributed by atoms with Gasteiger partial charge in [0.25, 0.3) is 0 Å². The average molecular weight is 368 g/mol. The van der Waals surface area contributed by atoms with Gasteiger partial charge < -0.3 is 14.4 Å². The molecule has 0 spiro atoms. The Morgan fingerprint density at radius 2 is 1.88 bits per heavy atom. The first-order valence-corrected chi connectivity index (χ1v) is 10.4. The molecule has 1 saturated carbocycles. The van der Waals surface area contributed by atoms with Crippen LogP contribution in [-0.2, 0) is 14.8 Å². The van der Waals surface area contributed by atoms with Crippen LogP contribution in [0.5, 0.6) is 5.75 Å². The Morgan fingerprint density at radius 3 is 2.48 bits per heavy atom. The van der Waals surface area contributed by atoms with Gasteiger partial charge in [-0.1, -0.05) is 0 Å². The van der Waals surface area contributed by atoms with Crippen molar-refractivity contribution in [3.05, 3.63) is 24.3 Å². The van der Waals surface area contributed by atoms with Crippen molar-refractivity contribution in [3.63, 3.8) is 0 Å². The molecule has 1 aliphatic heterocycles. The summed E-state index contributed by atoms with van der Waals surface area (Å²) >= 11 is 0. The maximum atomic E-state index is 12.6. The van der Waals surface area contributed by atoms with E-state index in [2.05, 4.69) is 18.9 Å². The van der Waals surface area contributed by atoms with Gasteiger partial charge in [0.1, 0.15) is 12.4 Å². The van der Waals surface area contributed by atoms with Gasteiger partial charge in [0.15, 0.2) is 0 Å². The van der Waals surface area contributed by atoms with Crippen molar-refractivity contribution in [1.29, 1.82) is 0 Å². The predicted molar refractivity (Wildman–Crippen MR) is 96.3 cm³/mol. The predicted octanol–water partition coefficient (Wildman–Crippen LogP) is 1.82. The summed E-state index contributed by atoms with van der Waals surface area (Å²) in [4.78, 5) is 2.63. The molecular weight excluding hydrogens is 340 g/mol. The molecule has 1 aromatic rings. The number of sulfonamides is 1. The number of hydrogen-bond donors (Lipinski definition) is 0. The lowest BCUT2D eigenvalue weighted by Crippen LogP contribution is -2.40. The molecule has 25 heavy (non-hydrogen) atoms. The molecule has 1 atom stereocenters. The minimum Gasteiger partial charge on any atom is -0.492 e. The van der Waals surface area contributed by atoms with E-state index in [4.69, 9.17) is 9.47 Å². The van der Waals surface area contributed by atoms with Crippen molar-refractivity contribution in [2.45, 2.75) is 30.7 Å². The standard InChI is InChI=1S/C18H28N2O4S/c1-15(16-3-4-16)19(2)9-14-24-17-5-7-18(8-6-17)25(21,22)20-10-12-23-13-11-20/h5-8,15-16H,3-4,9-14H2,1-2H3. The third-order valence-corrected chi connectivity index (χ3v) is 7.06. The van der Waals surface area contributed by atoms with Crippen molar-refractivity contribution < 1.29 is 17.9 Å². The van der Waals surface area contributed by atoms with Crippen LogP contribution in [0.25, 0.3) is 0 Å². The van der Waals surface area contributed by atoms with Gasteiger partial charge in [-0.3, -0.25) is 0 Å². The average Bonchev–Trinajstić information content (AvgIpc) is 3.47. The Labute approximate surface area is 150 Å². The van der Waals surface area contributed by atoms with E-state index < -0.39 is 10.0 Å².